The van der Waals surface area contributed by atoms with Gasteiger partial charge in [0.25, 0.3) is 0 Å². The van der Waals surface area contributed by atoms with Gasteiger partial charge >= 0.3 is 0 Å². The first-order valence-electron chi connectivity index (χ1n) is 7.57. The number of amides is 2. The lowest BCUT2D eigenvalue weighted by Gasteiger charge is -2.29. The van der Waals surface area contributed by atoms with E-state index in [0.29, 0.717) is 25.9 Å². The molecular weight excluding hydrogens is 266 g/mol. The van der Waals surface area contributed by atoms with Crippen LogP contribution in [0.5, 0.6) is 0 Å². The van der Waals surface area contributed by atoms with Gasteiger partial charge in [-0.25, -0.2) is 0 Å². The molecule has 1 aromatic rings. The molecule has 1 fully saturated rings. The van der Waals surface area contributed by atoms with Gasteiger partial charge in [-0.2, -0.15) is 0 Å². The van der Waals surface area contributed by atoms with Crippen molar-refractivity contribution in [1.29, 1.82) is 0 Å². The smallest absolute Gasteiger partial charge is 0.227 e. The molecular formula is C16H21N3O2. The number of hydrogen-bond acceptors (Lipinski definition) is 3. The van der Waals surface area contributed by atoms with Crippen LogP contribution in [0.25, 0.3) is 0 Å². The number of anilines is 1. The Balaban J connectivity index is 1.65. The second kappa shape index (κ2) is 5.85. The van der Waals surface area contributed by atoms with Gasteiger partial charge in [0, 0.05) is 44.2 Å². The molecule has 1 saturated heterocycles. The van der Waals surface area contributed by atoms with Crippen molar-refractivity contribution in [1.82, 2.24) is 4.90 Å². The summed E-state index contributed by atoms with van der Waals surface area (Å²) in [5.41, 5.74) is 7.97. The van der Waals surface area contributed by atoms with Crippen LogP contribution < -0.4 is 10.6 Å². The highest BCUT2D eigenvalue weighted by molar-refractivity contribution is 5.97. The molecule has 112 valence electrons. The molecule has 2 N–H and O–H groups in total. The normalized spacial score (nSPS) is 21.6. The summed E-state index contributed by atoms with van der Waals surface area (Å²) in [5, 5.41) is 0. The van der Waals surface area contributed by atoms with Crippen LogP contribution in [0.1, 0.15) is 24.8 Å². The maximum Gasteiger partial charge on any atom is 0.227 e. The van der Waals surface area contributed by atoms with E-state index in [1.54, 1.807) is 4.90 Å². The van der Waals surface area contributed by atoms with Crippen LogP contribution in [0.15, 0.2) is 24.3 Å². The molecule has 1 aromatic carbocycles. The molecule has 5 heteroatoms. The van der Waals surface area contributed by atoms with E-state index < -0.39 is 0 Å². The number of fused-ring (bicyclic) bond motifs is 1. The molecule has 0 saturated carbocycles. The molecule has 0 aromatic heterocycles. The Morgan fingerprint density at radius 3 is 2.86 bits per heavy atom. The average molecular weight is 287 g/mol. The third-order valence-corrected chi connectivity index (χ3v) is 4.32. The standard InChI is InChI=1S/C16H21N3O2/c17-13-7-9-18(11-13)15(20)8-10-19-14-4-2-1-3-12(14)5-6-16(19)21/h1-4,13H,5-11,17H2/t13-/m1/s1. The largest absolute Gasteiger partial charge is 0.341 e. The van der Waals surface area contributed by atoms with Gasteiger partial charge in [0.1, 0.15) is 0 Å². The van der Waals surface area contributed by atoms with Crippen LogP contribution in [-0.4, -0.2) is 42.4 Å². The van der Waals surface area contributed by atoms with Crippen LogP contribution in [0.4, 0.5) is 5.69 Å². The number of rotatable bonds is 3. The SMILES string of the molecule is N[C@@H]1CCN(C(=O)CCN2C(=O)CCc3ccccc32)C1. The van der Waals surface area contributed by atoms with E-state index in [1.807, 2.05) is 23.1 Å². The number of para-hydroxylation sites is 1. The quantitative estimate of drug-likeness (QED) is 0.899. The molecule has 5 nitrogen and oxygen atoms in total. The topological polar surface area (TPSA) is 66.6 Å². The predicted octanol–water partition coefficient (Wildman–Crippen LogP) is 0.915. The van der Waals surface area contributed by atoms with E-state index in [9.17, 15) is 9.59 Å². The summed E-state index contributed by atoms with van der Waals surface area (Å²) in [7, 11) is 0. The van der Waals surface area contributed by atoms with E-state index in [2.05, 4.69) is 6.07 Å². The van der Waals surface area contributed by atoms with Crippen molar-refractivity contribution in [3.8, 4) is 0 Å². The molecule has 2 amide bonds. The Bertz CT molecular complexity index is 558. The Morgan fingerprint density at radius 1 is 1.29 bits per heavy atom. The van der Waals surface area contributed by atoms with Gasteiger partial charge in [-0.1, -0.05) is 18.2 Å². The first-order chi connectivity index (χ1) is 10.1. The van der Waals surface area contributed by atoms with E-state index in [4.69, 9.17) is 5.73 Å². The first kappa shape index (κ1) is 14.1. The van der Waals surface area contributed by atoms with Crippen molar-refractivity contribution in [3.63, 3.8) is 0 Å². The van der Waals surface area contributed by atoms with Crippen molar-refractivity contribution in [2.75, 3.05) is 24.5 Å². The molecule has 2 aliphatic heterocycles. The summed E-state index contributed by atoms with van der Waals surface area (Å²) in [6.07, 6.45) is 2.56. The fraction of sp³-hybridized carbons (Fsp3) is 0.500. The van der Waals surface area contributed by atoms with Crippen molar-refractivity contribution >= 4 is 17.5 Å². The molecule has 0 unspecified atom stereocenters. The lowest BCUT2D eigenvalue weighted by atomic mass is 10.0. The number of carbonyl (C=O) groups is 2. The third-order valence-electron chi connectivity index (χ3n) is 4.32. The Kier molecular flexibility index (Phi) is 3.92. The second-order valence-electron chi connectivity index (χ2n) is 5.81. The number of benzene rings is 1. The van der Waals surface area contributed by atoms with Crippen LogP contribution in [0, 0.1) is 0 Å². The summed E-state index contributed by atoms with van der Waals surface area (Å²) in [4.78, 5) is 27.9. The molecule has 0 aliphatic carbocycles. The Hall–Kier alpha value is -1.88. The zero-order chi connectivity index (χ0) is 14.8. The number of nitrogens with two attached hydrogens (primary N) is 1. The molecule has 0 spiro atoms. The van der Waals surface area contributed by atoms with Gasteiger partial charge in [-0.15, -0.1) is 0 Å². The summed E-state index contributed by atoms with van der Waals surface area (Å²) < 4.78 is 0. The molecule has 0 bridgehead atoms. The van der Waals surface area contributed by atoms with E-state index in [-0.39, 0.29) is 17.9 Å². The molecule has 1 atom stereocenters. The number of nitrogens with zero attached hydrogens (tertiary/aromatic N) is 2. The summed E-state index contributed by atoms with van der Waals surface area (Å²) >= 11 is 0. The number of likely N-dealkylation sites (tertiary alicyclic amines) is 1. The maximum absolute atomic E-state index is 12.2. The van der Waals surface area contributed by atoms with Crippen LogP contribution in [-0.2, 0) is 16.0 Å². The van der Waals surface area contributed by atoms with Crippen LogP contribution >= 0.6 is 0 Å². The van der Waals surface area contributed by atoms with Gasteiger partial charge < -0.3 is 15.5 Å². The summed E-state index contributed by atoms with van der Waals surface area (Å²) in [6.45, 7) is 1.84. The molecule has 0 radical (unpaired) electrons. The molecule has 2 aliphatic rings. The minimum absolute atomic E-state index is 0.0961. The molecule has 2 heterocycles. The highest BCUT2D eigenvalue weighted by Gasteiger charge is 2.27. The number of aryl methyl sites for hydroxylation is 1. The third kappa shape index (κ3) is 2.93. The Labute approximate surface area is 124 Å². The monoisotopic (exact) mass is 287 g/mol. The highest BCUT2D eigenvalue weighted by atomic mass is 16.2. The zero-order valence-corrected chi connectivity index (χ0v) is 12.1. The van der Waals surface area contributed by atoms with Gasteiger partial charge in [-0.3, -0.25) is 9.59 Å². The minimum Gasteiger partial charge on any atom is -0.341 e. The van der Waals surface area contributed by atoms with Crippen LogP contribution in [0.2, 0.25) is 0 Å². The molecule has 3 rings (SSSR count). The van der Waals surface area contributed by atoms with E-state index in [0.717, 1.165) is 25.1 Å². The van der Waals surface area contributed by atoms with Crippen molar-refractivity contribution in [2.24, 2.45) is 5.73 Å². The van der Waals surface area contributed by atoms with Crippen molar-refractivity contribution in [2.45, 2.75) is 31.7 Å². The van der Waals surface area contributed by atoms with Gasteiger partial charge in [0.15, 0.2) is 0 Å². The number of hydrogen-bond donors (Lipinski definition) is 1. The fourth-order valence-electron chi connectivity index (χ4n) is 3.12. The zero-order valence-electron chi connectivity index (χ0n) is 12.1. The Morgan fingerprint density at radius 2 is 2.10 bits per heavy atom. The predicted molar refractivity (Wildman–Crippen MR) is 80.9 cm³/mol. The first-order valence-corrected chi connectivity index (χ1v) is 7.57. The van der Waals surface area contributed by atoms with Gasteiger partial charge in [0.2, 0.25) is 11.8 Å². The summed E-state index contributed by atoms with van der Waals surface area (Å²) in [6, 6.07) is 8.04. The second-order valence-corrected chi connectivity index (χ2v) is 5.81. The van der Waals surface area contributed by atoms with Gasteiger partial charge in [-0.05, 0) is 24.5 Å². The average Bonchev–Trinajstić information content (AvgIpc) is 2.92. The van der Waals surface area contributed by atoms with Crippen molar-refractivity contribution in [3.05, 3.63) is 29.8 Å². The van der Waals surface area contributed by atoms with E-state index >= 15 is 0 Å². The minimum atomic E-state index is 0.0961. The van der Waals surface area contributed by atoms with Crippen LogP contribution in [0.3, 0.4) is 0 Å². The van der Waals surface area contributed by atoms with Crippen molar-refractivity contribution < 1.29 is 9.59 Å². The lowest BCUT2D eigenvalue weighted by molar-refractivity contribution is -0.130. The fourth-order valence-corrected chi connectivity index (χ4v) is 3.12. The number of carbonyl (C=O) groups excluding carboxylic acids is 2. The highest BCUT2D eigenvalue weighted by Crippen LogP contribution is 2.27. The lowest BCUT2D eigenvalue weighted by Crippen LogP contribution is -2.39. The molecule has 21 heavy (non-hydrogen) atoms. The van der Waals surface area contributed by atoms with Gasteiger partial charge in [0.05, 0.1) is 0 Å². The van der Waals surface area contributed by atoms with E-state index in [1.165, 1.54) is 5.56 Å². The maximum atomic E-state index is 12.2. The summed E-state index contributed by atoms with van der Waals surface area (Å²) in [5.74, 6) is 0.207.